The highest BCUT2D eigenvalue weighted by molar-refractivity contribution is 5.96. The lowest BCUT2D eigenvalue weighted by Gasteiger charge is -2.23. The lowest BCUT2D eigenvalue weighted by molar-refractivity contribution is -0.881. The van der Waals surface area contributed by atoms with Crippen LogP contribution in [0.4, 0.5) is 5.69 Å². The Balaban J connectivity index is 2.62. The second-order valence-corrected chi connectivity index (χ2v) is 7.86. The highest BCUT2D eigenvalue weighted by Gasteiger charge is 2.20. The van der Waals surface area contributed by atoms with Crippen LogP contribution in [0.5, 0.6) is 0 Å². The number of amides is 3. The van der Waals surface area contributed by atoms with E-state index in [1.165, 1.54) is 0 Å². The van der Waals surface area contributed by atoms with Gasteiger partial charge in [-0.25, -0.2) is 0 Å². The summed E-state index contributed by atoms with van der Waals surface area (Å²) in [5, 5.41) is 5.75. The Kier molecular flexibility index (Phi) is 9.12. The van der Waals surface area contributed by atoms with Crippen LogP contribution >= 0.6 is 0 Å². The minimum absolute atomic E-state index is 0.0191. The number of likely N-dealkylation sites (N-methyl/N-ethyl adjacent to an activating group) is 1. The number of carbonyl (C=O) groups excluding carboxylic acids is 3. The van der Waals surface area contributed by atoms with E-state index < -0.39 is 0 Å². The van der Waals surface area contributed by atoms with Gasteiger partial charge >= 0.3 is 0 Å². The Morgan fingerprint density at radius 3 is 1.93 bits per heavy atom. The summed E-state index contributed by atoms with van der Waals surface area (Å²) in [6, 6.07) is 6.90. The third-order valence-corrected chi connectivity index (χ3v) is 4.30. The Morgan fingerprint density at radius 1 is 0.929 bits per heavy atom. The molecule has 0 aromatic heterocycles. The Hall–Kier alpha value is -2.41. The molecule has 0 aliphatic heterocycles. The third kappa shape index (κ3) is 8.08. The van der Waals surface area contributed by atoms with Gasteiger partial charge in [-0.05, 0) is 65.8 Å². The molecule has 3 amide bonds. The Morgan fingerprint density at radius 2 is 1.46 bits per heavy atom. The SMILES string of the molecule is CCN(CC)C(=O)c1ccc(NC(=O)C[NH+](CC)CC(=O)NC(C)(C)C)cc1. The summed E-state index contributed by atoms with van der Waals surface area (Å²) in [4.78, 5) is 39.4. The zero-order chi connectivity index (χ0) is 21.3. The fourth-order valence-electron chi connectivity index (χ4n) is 2.82. The number of hydrogen-bond donors (Lipinski definition) is 3. The van der Waals surface area contributed by atoms with E-state index in [0.717, 1.165) is 4.90 Å². The molecule has 3 N–H and O–H groups in total. The number of benzene rings is 1. The van der Waals surface area contributed by atoms with Crippen molar-refractivity contribution in [2.24, 2.45) is 0 Å². The molecule has 7 nitrogen and oxygen atoms in total. The van der Waals surface area contributed by atoms with Crippen LogP contribution in [0.25, 0.3) is 0 Å². The topological polar surface area (TPSA) is 83.0 Å². The van der Waals surface area contributed by atoms with Gasteiger partial charge in [0, 0.05) is 29.9 Å². The van der Waals surface area contributed by atoms with Crippen LogP contribution in [0, 0.1) is 0 Å². The van der Waals surface area contributed by atoms with Gasteiger partial charge in [-0.2, -0.15) is 0 Å². The van der Waals surface area contributed by atoms with Crippen molar-refractivity contribution >= 4 is 23.4 Å². The number of rotatable bonds is 9. The molecule has 1 atom stereocenters. The molecule has 0 aliphatic carbocycles. The number of quaternary nitrogens is 1. The fourth-order valence-corrected chi connectivity index (χ4v) is 2.82. The quantitative estimate of drug-likeness (QED) is 0.586. The van der Waals surface area contributed by atoms with Crippen molar-refractivity contribution in [2.45, 2.75) is 47.1 Å². The average molecular weight is 392 g/mol. The van der Waals surface area contributed by atoms with E-state index in [0.29, 0.717) is 30.9 Å². The third-order valence-electron chi connectivity index (χ3n) is 4.30. The summed E-state index contributed by atoms with van der Waals surface area (Å²) in [6.45, 7) is 14.1. The second kappa shape index (κ2) is 10.8. The van der Waals surface area contributed by atoms with Crippen molar-refractivity contribution in [3.63, 3.8) is 0 Å². The smallest absolute Gasteiger partial charge is 0.279 e. The lowest BCUT2D eigenvalue weighted by atomic mass is 10.1. The summed E-state index contributed by atoms with van der Waals surface area (Å²) in [5.74, 6) is -0.256. The molecule has 1 aromatic rings. The van der Waals surface area contributed by atoms with E-state index in [-0.39, 0.29) is 36.3 Å². The van der Waals surface area contributed by atoms with Crippen molar-refractivity contribution in [1.82, 2.24) is 10.2 Å². The molecule has 0 fully saturated rings. The molecule has 0 heterocycles. The summed E-state index contributed by atoms with van der Waals surface area (Å²) in [7, 11) is 0. The highest BCUT2D eigenvalue weighted by atomic mass is 16.2. The molecule has 0 radical (unpaired) electrons. The molecule has 156 valence electrons. The number of nitrogens with zero attached hydrogens (tertiary/aromatic N) is 1. The standard InChI is InChI=1S/C21H34N4O3/c1-7-24(15-19(27)23-21(4,5)6)14-18(26)22-17-12-10-16(11-13-17)20(28)25(8-2)9-3/h10-13H,7-9,14-15H2,1-6H3,(H,22,26)(H,23,27)/p+1. The van der Waals surface area contributed by atoms with Crippen LogP contribution in [0.15, 0.2) is 24.3 Å². The number of carbonyl (C=O) groups is 3. The minimum Gasteiger partial charge on any atom is -0.347 e. The second-order valence-electron chi connectivity index (χ2n) is 7.86. The van der Waals surface area contributed by atoms with Gasteiger partial charge in [0.25, 0.3) is 17.7 Å². The van der Waals surface area contributed by atoms with Crippen molar-refractivity contribution in [3.8, 4) is 0 Å². The maximum atomic E-state index is 12.3. The number of anilines is 1. The maximum Gasteiger partial charge on any atom is 0.279 e. The first-order valence-electron chi connectivity index (χ1n) is 9.93. The van der Waals surface area contributed by atoms with Gasteiger partial charge < -0.3 is 20.4 Å². The number of nitrogens with one attached hydrogen (secondary N) is 3. The van der Waals surface area contributed by atoms with Crippen molar-refractivity contribution in [3.05, 3.63) is 29.8 Å². The maximum absolute atomic E-state index is 12.3. The predicted molar refractivity (Wildman–Crippen MR) is 111 cm³/mol. The normalized spacial score (nSPS) is 12.2. The van der Waals surface area contributed by atoms with Crippen LogP contribution in [0.3, 0.4) is 0 Å². The van der Waals surface area contributed by atoms with Crippen LogP contribution in [-0.4, -0.2) is 60.9 Å². The summed E-state index contributed by atoms with van der Waals surface area (Å²) >= 11 is 0. The molecular formula is C21H35N4O3+. The van der Waals surface area contributed by atoms with Crippen molar-refractivity contribution in [2.75, 3.05) is 38.0 Å². The lowest BCUT2D eigenvalue weighted by Crippen LogP contribution is -3.14. The van der Waals surface area contributed by atoms with Gasteiger partial charge in [0.2, 0.25) is 0 Å². The van der Waals surface area contributed by atoms with Crippen LogP contribution < -0.4 is 15.5 Å². The summed E-state index contributed by atoms with van der Waals surface area (Å²) < 4.78 is 0. The van der Waals surface area contributed by atoms with E-state index in [4.69, 9.17) is 0 Å². The first-order valence-corrected chi connectivity index (χ1v) is 9.93. The van der Waals surface area contributed by atoms with Crippen molar-refractivity contribution in [1.29, 1.82) is 0 Å². The van der Waals surface area contributed by atoms with Crippen LogP contribution in [0.2, 0.25) is 0 Å². The molecule has 28 heavy (non-hydrogen) atoms. The Labute approximate surface area is 168 Å². The van der Waals surface area contributed by atoms with E-state index in [9.17, 15) is 14.4 Å². The highest BCUT2D eigenvalue weighted by Crippen LogP contribution is 2.11. The van der Waals surface area contributed by atoms with Gasteiger partial charge in [0.1, 0.15) is 0 Å². The molecule has 7 heteroatoms. The molecule has 1 aromatic carbocycles. The molecule has 0 saturated heterocycles. The first-order chi connectivity index (χ1) is 13.1. The minimum atomic E-state index is -0.289. The van der Waals surface area contributed by atoms with Gasteiger partial charge in [-0.15, -0.1) is 0 Å². The number of hydrogen-bond acceptors (Lipinski definition) is 3. The monoisotopic (exact) mass is 391 g/mol. The van der Waals surface area contributed by atoms with Crippen molar-refractivity contribution < 1.29 is 19.3 Å². The molecule has 0 aliphatic rings. The van der Waals surface area contributed by atoms with Gasteiger partial charge in [-0.1, -0.05) is 0 Å². The fraction of sp³-hybridized carbons (Fsp3) is 0.571. The Bertz CT molecular complexity index is 661. The molecule has 0 saturated carbocycles. The first kappa shape index (κ1) is 23.6. The van der Waals surface area contributed by atoms with E-state index in [1.807, 2.05) is 41.5 Å². The zero-order valence-corrected chi connectivity index (χ0v) is 18.0. The van der Waals surface area contributed by atoms with Gasteiger partial charge in [-0.3, -0.25) is 14.4 Å². The van der Waals surface area contributed by atoms with Crippen LogP contribution in [-0.2, 0) is 9.59 Å². The zero-order valence-electron chi connectivity index (χ0n) is 18.0. The average Bonchev–Trinajstić information content (AvgIpc) is 2.61. The van der Waals surface area contributed by atoms with E-state index >= 15 is 0 Å². The summed E-state index contributed by atoms with van der Waals surface area (Å²) in [6.07, 6.45) is 0. The van der Waals surface area contributed by atoms with Crippen LogP contribution in [0.1, 0.15) is 51.9 Å². The molecule has 1 unspecified atom stereocenters. The molecule has 1 rings (SSSR count). The molecular weight excluding hydrogens is 356 g/mol. The van der Waals surface area contributed by atoms with E-state index in [2.05, 4.69) is 10.6 Å². The summed E-state index contributed by atoms with van der Waals surface area (Å²) in [5.41, 5.74) is 0.944. The van der Waals surface area contributed by atoms with Gasteiger partial charge in [0.05, 0.1) is 6.54 Å². The van der Waals surface area contributed by atoms with Gasteiger partial charge in [0.15, 0.2) is 13.1 Å². The molecule has 0 bridgehead atoms. The predicted octanol–water partition coefficient (Wildman–Crippen LogP) is 0.927. The van der Waals surface area contributed by atoms with E-state index in [1.54, 1.807) is 29.2 Å². The molecule has 0 spiro atoms. The largest absolute Gasteiger partial charge is 0.347 e.